The standard InChI is InChI=1S/C25H18N4O3/c30-23(22-12-6-8-19-7-4-5-11-21(19)22)29-25(32)28(20-9-2-1-3-10-20)24(31)27(29)17-18-13-15-26-16-14-18/h1-16H,17H2. The number of pyridine rings is 1. The molecule has 0 aliphatic carbocycles. The average molecular weight is 422 g/mol. The number of fused-ring (bicyclic) bond motifs is 1. The van der Waals surface area contributed by atoms with Gasteiger partial charge in [-0.15, -0.1) is 0 Å². The maximum atomic E-state index is 13.7. The Hall–Kier alpha value is -4.52. The van der Waals surface area contributed by atoms with Gasteiger partial charge >= 0.3 is 11.4 Å². The van der Waals surface area contributed by atoms with Crippen LogP contribution in [0.1, 0.15) is 15.9 Å². The maximum absolute atomic E-state index is 13.7. The SMILES string of the molecule is O=C(c1cccc2ccccc12)n1c(=O)n(-c2ccccc2)c(=O)n1Cc1ccncc1. The van der Waals surface area contributed by atoms with Gasteiger partial charge in [-0.25, -0.2) is 18.8 Å². The molecule has 0 unspecified atom stereocenters. The minimum Gasteiger partial charge on any atom is -0.267 e. The van der Waals surface area contributed by atoms with Crippen LogP contribution in [0, 0.1) is 0 Å². The van der Waals surface area contributed by atoms with Crippen LogP contribution in [-0.2, 0) is 6.54 Å². The van der Waals surface area contributed by atoms with E-state index in [1.165, 1.54) is 4.68 Å². The Bertz CT molecular complexity index is 1540. The molecule has 0 radical (unpaired) electrons. The third-order valence-electron chi connectivity index (χ3n) is 5.33. The molecule has 0 aliphatic rings. The number of rotatable bonds is 4. The fourth-order valence-electron chi connectivity index (χ4n) is 3.80. The van der Waals surface area contributed by atoms with Crippen LogP contribution in [0.3, 0.4) is 0 Å². The number of carbonyl (C=O) groups excluding carboxylic acids is 1. The molecule has 0 bridgehead atoms. The molecule has 7 nitrogen and oxygen atoms in total. The zero-order chi connectivity index (χ0) is 22.1. The summed E-state index contributed by atoms with van der Waals surface area (Å²) in [6.07, 6.45) is 3.20. The van der Waals surface area contributed by atoms with Crippen LogP contribution in [0.4, 0.5) is 0 Å². The highest BCUT2D eigenvalue weighted by atomic mass is 16.2. The summed E-state index contributed by atoms with van der Waals surface area (Å²) >= 11 is 0. The second-order valence-corrected chi connectivity index (χ2v) is 7.29. The second kappa shape index (κ2) is 7.96. The number of benzene rings is 3. The lowest BCUT2D eigenvalue weighted by atomic mass is 10.0. The van der Waals surface area contributed by atoms with Gasteiger partial charge in [0.25, 0.3) is 5.91 Å². The molecular weight excluding hydrogens is 404 g/mol. The fraction of sp³-hybridized carbons (Fsp3) is 0.0400. The second-order valence-electron chi connectivity index (χ2n) is 7.29. The number of hydrogen-bond acceptors (Lipinski definition) is 4. The molecular formula is C25H18N4O3. The van der Waals surface area contributed by atoms with Crippen molar-refractivity contribution in [3.8, 4) is 5.69 Å². The van der Waals surface area contributed by atoms with Crippen LogP contribution >= 0.6 is 0 Å². The summed E-state index contributed by atoms with van der Waals surface area (Å²) in [6, 6.07) is 24.8. The monoisotopic (exact) mass is 422 g/mol. The first kappa shape index (κ1) is 19.4. The topological polar surface area (TPSA) is 78.9 Å². The largest absolute Gasteiger partial charge is 0.359 e. The van der Waals surface area contributed by atoms with Crippen molar-refractivity contribution >= 4 is 16.7 Å². The van der Waals surface area contributed by atoms with E-state index < -0.39 is 17.3 Å². The van der Waals surface area contributed by atoms with E-state index in [1.807, 2.05) is 30.3 Å². The summed E-state index contributed by atoms with van der Waals surface area (Å²) < 4.78 is 3.12. The van der Waals surface area contributed by atoms with Crippen LogP contribution < -0.4 is 11.4 Å². The van der Waals surface area contributed by atoms with Crippen molar-refractivity contribution in [2.75, 3.05) is 0 Å². The molecule has 0 fully saturated rings. The molecule has 5 rings (SSSR count). The summed E-state index contributed by atoms with van der Waals surface area (Å²) in [7, 11) is 0. The molecule has 2 heterocycles. The number of carbonyl (C=O) groups is 1. The molecule has 0 saturated heterocycles. The van der Waals surface area contributed by atoms with Gasteiger partial charge in [0, 0.05) is 18.0 Å². The van der Waals surface area contributed by atoms with Crippen molar-refractivity contribution in [1.29, 1.82) is 0 Å². The zero-order valence-corrected chi connectivity index (χ0v) is 17.0. The summed E-state index contributed by atoms with van der Waals surface area (Å²) in [4.78, 5) is 44.4. The van der Waals surface area contributed by atoms with E-state index in [0.29, 0.717) is 16.6 Å². The minimum absolute atomic E-state index is 0.0485. The van der Waals surface area contributed by atoms with E-state index in [1.54, 1.807) is 67.0 Å². The predicted octanol–water partition coefficient (Wildman–Crippen LogP) is 3.09. The van der Waals surface area contributed by atoms with E-state index in [-0.39, 0.29) is 6.54 Å². The van der Waals surface area contributed by atoms with Gasteiger partial charge in [-0.3, -0.25) is 9.78 Å². The van der Waals surface area contributed by atoms with E-state index >= 15 is 0 Å². The maximum Gasteiger partial charge on any atom is 0.359 e. The Morgan fingerprint density at radius 3 is 2.22 bits per heavy atom. The quantitative estimate of drug-likeness (QED) is 0.446. The Balaban J connectivity index is 1.76. The van der Waals surface area contributed by atoms with Gasteiger partial charge in [0.2, 0.25) is 0 Å². The lowest BCUT2D eigenvalue weighted by Crippen LogP contribution is -2.33. The van der Waals surface area contributed by atoms with E-state index in [9.17, 15) is 14.4 Å². The van der Waals surface area contributed by atoms with Crippen LogP contribution in [0.15, 0.2) is 107 Å². The molecule has 0 N–H and O–H groups in total. The molecule has 156 valence electrons. The Labute approximate surface area is 182 Å². The molecule has 0 amide bonds. The van der Waals surface area contributed by atoms with Gasteiger partial charge in [-0.1, -0.05) is 54.6 Å². The van der Waals surface area contributed by atoms with Crippen molar-refractivity contribution in [2.45, 2.75) is 6.54 Å². The van der Waals surface area contributed by atoms with Gasteiger partial charge in [0.05, 0.1) is 12.2 Å². The van der Waals surface area contributed by atoms with Crippen LogP contribution in [0.25, 0.3) is 16.5 Å². The molecule has 0 aliphatic heterocycles. The molecule has 3 aromatic carbocycles. The lowest BCUT2D eigenvalue weighted by molar-refractivity contribution is 0.0924. The Morgan fingerprint density at radius 1 is 0.750 bits per heavy atom. The zero-order valence-electron chi connectivity index (χ0n) is 17.0. The molecule has 0 spiro atoms. The minimum atomic E-state index is -0.715. The number of aromatic nitrogens is 4. The number of para-hydroxylation sites is 1. The summed E-state index contributed by atoms with van der Waals surface area (Å²) in [5.74, 6) is -0.562. The molecule has 32 heavy (non-hydrogen) atoms. The van der Waals surface area contributed by atoms with Crippen LogP contribution in [0.5, 0.6) is 0 Å². The third-order valence-corrected chi connectivity index (χ3v) is 5.33. The van der Waals surface area contributed by atoms with E-state index in [0.717, 1.165) is 20.2 Å². The highest BCUT2D eigenvalue weighted by Gasteiger charge is 2.24. The molecule has 0 saturated carbocycles. The number of nitrogens with zero attached hydrogens (tertiary/aromatic N) is 4. The average Bonchev–Trinajstić information content (AvgIpc) is 3.08. The van der Waals surface area contributed by atoms with Gasteiger partial charge in [0.1, 0.15) is 0 Å². The normalized spacial score (nSPS) is 11.0. The smallest absolute Gasteiger partial charge is 0.267 e. The van der Waals surface area contributed by atoms with Crippen LogP contribution in [0.2, 0.25) is 0 Å². The summed E-state index contributed by atoms with van der Waals surface area (Å²) in [5.41, 5.74) is 0.181. The molecule has 0 atom stereocenters. The van der Waals surface area contributed by atoms with Gasteiger partial charge in [-0.2, -0.15) is 4.68 Å². The Kier molecular flexibility index (Phi) is 4.84. The predicted molar refractivity (Wildman–Crippen MR) is 121 cm³/mol. The lowest BCUT2D eigenvalue weighted by Gasteiger charge is -2.10. The number of hydrogen-bond donors (Lipinski definition) is 0. The van der Waals surface area contributed by atoms with Gasteiger partial charge in [0.15, 0.2) is 0 Å². The highest BCUT2D eigenvalue weighted by Crippen LogP contribution is 2.19. The van der Waals surface area contributed by atoms with E-state index in [2.05, 4.69) is 4.98 Å². The fourth-order valence-corrected chi connectivity index (χ4v) is 3.80. The first-order valence-corrected chi connectivity index (χ1v) is 10.1. The third kappa shape index (κ3) is 3.26. The molecule has 7 heteroatoms. The van der Waals surface area contributed by atoms with Crippen LogP contribution in [-0.4, -0.2) is 24.8 Å². The van der Waals surface area contributed by atoms with Crippen molar-refractivity contribution in [2.24, 2.45) is 0 Å². The summed E-state index contributed by atoms with van der Waals surface area (Å²) in [5, 5.41) is 1.58. The molecule has 5 aromatic rings. The first-order chi connectivity index (χ1) is 15.6. The Morgan fingerprint density at radius 2 is 1.44 bits per heavy atom. The van der Waals surface area contributed by atoms with Crippen molar-refractivity contribution in [1.82, 2.24) is 18.9 Å². The van der Waals surface area contributed by atoms with Crippen molar-refractivity contribution in [3.05, 3.63) is 129 Å². The van der Waals surface area contributed by atoms with Gasteiger partial charge in [-0.05, 0) is 46.7 Å². The summed E-state index contributed by atoms with van der Waals surface area (Å²) in [6.45, 7) is 0.0485. The van der Waals surface area contributed by atoms with Crippen molar-refractivity contribution < 1.29 is 4.79 Å². The molecule has 2 aromatic heterocycles. The first-order valence-electron chi connectivity index (χ1n) is 10.1. The highest BCUT2D eigenvalue weighted by molar-refractivity contribution is 6.07. The van der Waals surface area contributed by atoms with Crippen molar-refractivity contribution in [3.63, 3.8) is 0 Å². The van der Waals surface area contributed by atoms with Gasteiger partial charge < -0.3 is 0 Å². The van der Waals surface area contributed by atoms with E-state index in [4.69, 9.17) is 0 Å².